The zero-order chi connectivity index (χ0) is 9.26. The number of nitriles is 1. The maximum atomic E-state index is 8.69. The molecule has 13 heavy (non-hydrogen) atoms. The number of hydrogen-bond acceptors (Lipinski definition) is 1. The average Bonchev–Trinajstić information content (AvgIpc) is 2.05. The van der Waals surface area contributed by atoms with Gasteiger partial charge >= 0.3 is 0 Å². The van der Waals surface area contributed by atoms with Crippen molar-refractivity contribution in [3.8, 4) is 6.07 Å². The summed E-state index contributed by atoms with van der Waals surface area (Å²) in [6, 6.07) is 8.03. The molecule has 0 atom stereocenters. The van der Waals surface area contributed by atoms with Gasteiger partial charge in [-0.25, -0.2) is 0 Å². The second-order valence-corrected chi connectivity index (χ2v) is 4.33. The smallest absolute Gasteiger partial charge is 0.0992 e. The minimum absolute atomic E-state index is 0.724. The topological polar surface area (TPSA) is 23.8 Å². The van der Waals surface area contributed by atoms with E-state index in [0.717, 1.165) is 16.0 Å². The van der Waals surface area contributed by atoms with Crippen LogP contribution >= 0.6 is 15.9 Å². The van der Waals surface area contributed by atoms with Crippen molar-refractivity contribution in [2.24, 2.45) is 0 Å². The van der Waals surface area contributed by atoms with Gasteiger partial charge in [0.15, 0.2) is 0 Å². The number of rotatable bonds is 1. The molecule has 1 fully saturated rings. The molecule has 0 amide bonds. The highest BCUT2D eigenvalue weighted by atomic mass is 79.9. The molecule has 2 heteroatoms. The Morgan fingerprint density at radius 1 is 1.38 bits per heavy atom. The van der Waals surface area contributed by atoms with Crippen molar-refractivity contribution in [3.63, 3.8) is 0 Å². The zero-order valence-electron chi connectivity index (χ0n) is 7.26. The first-order valence-electron chi connectivity index (χ1n) is 4.51. The Morgan fingerprint density at radius 3 is 2.62 bits per heavy atom. The van der Waals surface area contributed by atoms with E-state index in [1.807, 2.05) is 12.1 Å². The Labute approximate surface area is 86.5 Å². The van der Waals surface area contributed by atoms with Crippen LogP contribution in [-0.4, -0.2) is 0 Å². The van der Waals surface area contributed by atoms with Gasteiger partial charge in [0.2, 0.25) is 0 Å². The summed E-state index contributed by atoms with van der Waals surface area (Å²) < 4.78 is 1.09. The quantitative estimate of drug-likeness (QED) is 0.730. The molecule has 0 aromatic heterocycles. The Bertz CT molecular complexity index is 361. The van der Waals surface area contributed by atoms with Crippen molar-refractivity contribution in [2.75, 3.05) is 0 Å². The van der Waals surface area contributed by atoms with Crippen LogP contribution in [0, 0.1) is 11.3 Å². The molecular formula is C11H10BrN. The first-order valence-corrected chi connectivity index (χ1v) is 5.30. The fourth-order valence-corrected chi connectivity index (χ4v) is 2.35. The highest BCUT2D eigenvalue weighted by molar-refractivity contribution is 9.10. The lowest BCUT2D eigenvalue weighted by Gasteiger charge is -2.26. The molecule has 1 saturated carbocycles. The predicted octanol–water partition coefficient (Wildman–Crippen LogP) is 3.59. The summed E-state index contributed by atoms with van der Waals surface area (Å²) in [5, 5.41) is 8.69. The monoisotopic (exact) mass is 235 g/mol. The van der Waals surface area contributed by atoms with E-state index >= 15 is 0 Å². The van der Waals surface area contributed by atoms with Crippen LogP contribution in [0.1, 0.15) is 36.3 Å². The molecule has 1 aliphatic carbocycles. The molecule has 0 aliphatic heterocycles. The van der Waals surface area contributed by atoms with E-state index in [4.69, 9.17) is 5.26 Å². The maximum Gasteiger partial charge on any atom is 0.0992 e. The minimum Gasteiger partial charge on any atom is -0.192 e. The summed E-state index contributed by atoms with van der Waals surface area (Å²) in [5.41, 5.74) is 2.10. The number of hydrogen-bond donors (Lipinski definition) is 0. The summed E-state index contributed by atoms with van der Waals surface area (Å²) in [7, 11) is 0. The molecule has 0 unspecified atom stereocenters. The normalized spacial score (nSPS) is 16.3. The molecule has 0 saturated heterocycles. The second kappa shape index (κ2) is 3.51. The maximum absolute atomic E-state index is 8.69. The summed E-state index contributed by atoms with van der Waals surface area (Å²) in [5.74, 6) is 0.724. The lowest BCUT2D eigenvalue weighted by Crippen LogP contribution is -2.09. The molecule has 0 heterocycles. The molecule has 1 aromatic carbocycles. The third kappa shape index (κ3) is 1.62. The standard InChI is InChI=1S/C11H10BrN/c12-11-6-8(7-13)4-5-10(11)9-2-1-3-9/h4-6,9H,1-3H2. The molecule has 1 nitrogen and oxygen atoms in total. The minimum atomic E-state index is 0.724. The average molecular weight is 236 g/mol. The van der Waals surface area contributed by atoms with Gasteiger partial charge < -0.3 is 0 Å². The Balaban J connectivity index is 2.32. The third-order valence-electron chi connectivity index (χ3n) is 2.67. The van der Waals surface area contributed by atoms with E-state index in [0.29, 0.717) is 0 Å². The van der Waals surface area contributed by atoms with Crippen LogP contribution in [-0.2, 0) is 0 Å². The predicted molar refractivity (Wildman–Crippen MR) is 55.4 cm³/mol. The first-order chi connectivity index (χ1) is 6.31. The van der Waals surface area contributed by atoms with Gasteiger partial charge in [0.25, 0.3) is 0 Å². The molecule has 1 aliphatic rings. The van der Waals surface area contributed by atoms with Gasteiger partial charge in [-0.15, -0.1) is 0 Å². The van der Waals surface area contributed by atoms with Gasteiger partial charge in [0, 0.05) is 4.47 Å². The number of halogens is 1. The van der Waals surface area contributed by atoms with Crippen molar-refractivity contribution in [1.82, 2.24) is 0 Å². The summed E-state index contributed by atoms with van der Waals surface area (Å²) >= 11 is 3.51. The summed E-state index contributed by atoms with van der Waals surface area (Å²) in [4.78, 5) is 0. The SMILES string of the molecule is N#Cc1ccc(C2CCC2)c(Br)c1. The van der Waals surface area contributed by atoms with Crippen LogP contribution in [0.5, 0.6) is 0 Å². The molecule has 2 rings (SSSR count). The van der Waals surface area contributed by atoms with Gasteiger partial charge in [-0.3, -0.25) is 0 Å². The van der Waals surface area contributed by atoms with Crippen LogP contribution in [0.4, 0.5) is 0 Å². The third-order valence-corrected chi connectivity index (χ3v) is 3.36. The van der Waals surface area contributed by atoms with Crippen molar-refractivity contribution in [2.45, 2.75) is 25.2 Å². The van der Waals surface area contributed by atoms with Crippen LogP contribution in [0.25, 0.3) is 0 Å². The van der Waals surface area contributed by atoms with Crippen molar-refractivity contribution < 1.29 is 0 Å². The molecule has 66 valence electrons. The highest BCUT2D eigenvalue weighted by Gasteiger charge is 2.21. The van der Waals surface area contributed by atoms with Gasteiger partial charge in [0.1, 0.15) is 0 Å². The molecule has 0 N–H and O–H groups in total. The van der Waals surface area contributed by atoms with E-state index in [2.05, 4.69) is 28.1 Å². The number of nitrogens with zero attached hydrogens (tertiary/aromatic N) is 1. The van der Waals surface area contributed by atoms with Gasteiger partial charge in [0.05, 0.1) is 11.6 Å². The Kier molecular flexibility index (Phi) is 2.37. The van der Waals surface area contributed by atoms with Crippen LogP contribution in [0.15, 0.2) is 22.7 Å². The fourth-order valence-electron chi connectivity index (χ4n) is 1.65. The molecule has 0 spiro atoms. The number of benzene rings is 1. The van der Waals surface area contributed by atoms with Crippen molar-refractivity contribution in [3.05, 3.63) is 33.8 Å². The van der Waals surface area contributed by atoms with Crippen molar-refractivity contribution >= 4 is 15.9 Å². The zero-order valence-corrected chi connectivity index (χ0v) is 8.84. The largest absolute Gasteiger partial charge is 0.192 e. The van der Waals surface area contributed by atoms with E-state index in [1.165, 1.54) is 24.8 Å². The van der Waals surface area contributed by atoms with Crippen LogP contribution < -0.4 is 0 Å². The second-order valence-electron chi connectivity index (χ2n) is 3.48. The Hall–Kier alpha value is -0.810. The lowest BCUT2D eigenvalue weighted by atomic mass is 9.80. The fraction of sp³-hybridized carbons (Fsp3) is 0.364. The Morgan fingerprint density at radius 2 is 2.15 bits per heavy atom. The lowest BCUT2D eigenvalue weighted by molar-refractivity contribution is 0.418. The van der Waals surface area contributed by atoms with Crippen LogP contribution in [0.3, 0.4) is 0 Å². The van der Waals surface area contributed by atoms with E-state index in [1.54, 1.807) is 0 Å². The summed E-state index contributed by atoms with van der Waals surface area (Å²) in [6.07, 6.45) is 3.94. The molecule has 0 bridgehead atoms. The van der Waals surface area contributed by atoms with Crippen molar-refractivity contribution in [1.29, 1.82) is 5.26 Å². The van der Waals surface area contributed by atoms with E-state index in [9.17, 15) is 0 Å². The van der Waals surface area contributed by atoms with Gasteiger partial charge in [-0.1, -0.05) is 28.4 Å². The molecule has 0 radical (unpaired) electrons. The van der Waals surface area contributed by atoms with E-state index in [-0.39, 0.29) is 0 Å². The van der Waals surface area contributed by atoms with Crippen LogP contribution in [0.2, 0.25) is 0 Å². The summed E-state index contributed by atoms with van der Waals surface area (Å²) in [6.45, 7) is 0. The first kappa shape index (κ1) is 8.77. The van der Waals surface area contributed by atoms with Gasteiger partial charge in [-0.2, -0.15) is 5.26 Å². The van der Waals surface area contributed by atoms with Gasteiger partial charge in [-0.05, 0) is 36.5 Å². The van der Waals surface area contributed by atoms with E-state index < -0.39 is 0 Å². The highest BCUT2D eigenvalue weighted by Crippen LogP contribution is 2.39. The molecule has 1 aromatic rings. The molecular weight excluding hydrogens is 226 g/mol.